The van der Waals surface area contributed by atoms with Crippen molar-refractivity contribution in [1.82, 2.24) is 24.3 Å². The van der Waals surface area contributed by atoms with Gasteiger partial charge in [-0.15, -0.1) is 0 Å². The molecule has 0 bridgehead atoms. The fraction of sp³-hybridized carbons (Fsp3) is 0.158. The van der Waals surface area contributed by atoms with E-state index in [0.29, 0.717) is 17.6 Å². The number of benzene rings is 1. The minimum Gasteiger partial charge on any atom is -0.294 e. The van der Waals surface area contributed by atoms with E-state index in [1.807, 2.05) is 38.1 Å². The highest BCUT2D eigenvalue weighted by Gasteiger charge is 2.13. The Morgan fingerprint density at radius 1 is 1.12 bits per heavy atom. The number of pyridine rings is 1. The molecule has 4 aromatic rings. The van der Waals surface area contributed by atoms with Gasteiger partial charge < -0.3 is 0 Å². The first-order valence-electron chi connectivity index (χ1n) is 8.03. The lowest BCUT2D eigenvalue weighted by Gasteiger charge is -2.09. The van der Waals surface area contributed by atoms with E-state index in [-0.39, 0.29) is 5.56 Å². The van der Waals surface area contributed by atoms with Gasteiger partial charge in [-0.2, -0.15) is 5.10 Å². The van der Waals surface area contributed by atoms with E-state index in [0.717, 1.165) is 16.8 Å². The Hall–Kier alpha value is -3.28. The van der Waals surface area contributed by atoms with Crippen molar-refractivity contribution in [2.45, 2.75) is 20.4 Å². The average molecular weight is 331 g/mol. The van der Waals surface area contributed by atoms with Crippen molar-refractivity contribution in [2.24, 2.45) is 0 Å². The molecule has 0 unspecified atom stereocenters. The summed E-state index contributed by atoms with van der Waals surface area (Å²) in [6.45, 7) is 4.51. The fourth-order valence-electron chi connectivity index (χ4n) is 2.97. The molecule has 0 N–H and O–H groups in total. The van der Waals surface area contributed by atoms with Gasteiger partial charge in [-0.3, -0.25) is 14.3 Å². The van der Waals surface area contributed by atoms with Crippen LogP contribution < -0.4 is 5.56 Å². The van der Waals surface area contributed by atoms with E-state index in [1.165, 1.54) is 5.56 Å². The fourth-order valence-corrected chi connectivity index (χ4v) is 2.97. The zero-order chi connectivity index (χ0) is 17.4. The normalized spacial score (nSPS) is 11.1. The summed E-state index contributed by atoms with van der Waals surface area (Å²) in [5.41, 5.74) is 4.62. The van der Waals surface area contributed by atoms with Gasteiger partial charge in [0.1, 0.15) is 11.7 Å². The van der Waals surface area contributed by atoms with E-state index in [1.54, 1.807) is 34.2 Å². The lowest BCUT2D eigenvalue weighted by Crippen LogP contribution is -2.21. The molecular weight excluding hydrogens is 314 g/mol. The summed E-state index contributed by atoms with van der Waals surface area (Å²) in [5, 5.41) is 4.90. The molecule has 25 heavy (non-hydrogen) atoms. The SMILES string of the molecule is Cc1ccc(-n2ncc3c(=O)n(Cc4cccnc4)cnc32)c(C)c1. The van der Waals surface area contributed by atoms with Gasteiger partial charge in [0.25, 0.3) is 5.56 Å². The zero-order valence-corrected chi connectivity index (χ0v) is 14.0. The summed E-state index contributed by atoms with van der Waals surface area (Å²) in [6.07, 6.45) is 6.61. The molecule has 0 aliphatic rings. The second-order valence-electron chi connectivity index (χ2n) is 6.12. The van der Waals surface area contributed by atoms with Gasteiger partial charge in [0.15, 0.2) is 5.65 Å². The number of fused-ring (bicyclic) bond motifs is 1. The minimum absolute atomic E-state index is 0.107. The lowest BCUT2D eigenvalue weighted by molar-refractivity contribution is 0.742. The van der Waals surface area contributed by atoms with E-state index >= 15 is 0 Å². The van der Waals surface area contributed by atoms with E-state index < -0.39 is 0 Å². The van der Waals surface area contributed by atoms with Crippen LogP contribution in [0.5, 0.6) is 0 Å². The maximum atomic E-state index is 12.8. The van der Waals surface area contributed by atoms with Crippen LogP contribution in [-0.2, 0) is 6.54 Å². The Morgan fingerprint density at radius 3 is 2.76 bits per heavy atom. The molecule has 3 heterocycles. The highest BCUT2D eigenvalue weighted by molar-refractivity contribution is 5.75. The predicted molar refractivity (Wildman–Crippen MR) is 95.9 cm³/mol. The van der Waals surface area contributed by atoms with Crippen molar-refractivity contribution < 1.29 is 0 Å². The Morgan fingerprint density at radius 2 is 2.00 bits per heavy atom. The quantitative estimate of drug-likeness (QED) is 0.579. The third kappa shape index (κ3) is 2.71. The number of hydrogen-bond donors (Lipinski definition) is 0. The van der Waals surface area contributed by atoms with Crippen LogP contribution >= 0.6 is 0 Å². The van der Waals surface area contributed by atoms with Gasteiger partial charge in [0.05, 0.1) is 18.4 Å². The molecule has 0 radical (unpaired) electrons. The van der Waals surface area contributed by atoms with Crippen molar-refractivity contribution in [3.8, 4) is 5.69 Å². The molecule has 6 nitrogen and oxygen atoms in total. The number of aromatic nitrogens is 5. The zero-order valence-electron chi connectivity index (χ0n) is 14.0. The second-order valence-corrected chi connectivity index (χ2v) is 6.12. The van der Waals surface area contributed by atoms with Crippen molar-refractivity contribution in [3.05, 3.63) is 82.3 Å². The standard InChI is InChI=1S/C19H17N5O/c1-13-5-6-17(14(2)8-13)24-18-16(10-22-24)19(25)23(12-21-18)11-15-4-3-7-20-9-15/h3-10,12H,11H2,1-2H3. The number of rotatable bonds is 3. The first-order valence-corrected chi connectivity index (χ1v) is 8.03. The van der Waals surface area contributed by atoms with Gasteiger partial charge in [-0.25, -0.2) is 9.67 Å². The lowest BCUT2D eigenvalue weighted by atomic mass is 10.1. The molecular formula is C19H17N5O. The molecule has 0 aliphatic carbocycles. The maximum absolute atomic E-state index is 12.8. The third-order valence-corrected chi connectivity index (χ3v) is 4.21. The molecule has 0 amide bonds. The van der Waals surface area contributed by atoms with Crippen molar-refractivity contribution in [2.75, 3.05) is 0 Å². The van der Waals surface area contributed by atoms with Gasteiger partial charge in [0.2, 0.25) is 0 Å². The summed E-state index contributed by atoms with van der Waals surface area (Å²) in [4.78, 5) is 21.3. The first kappa shape index (κ1) is 15.3. The molecule has 1 aromatic carbocycles. The third-order valence-electron chi connectivity index (χ3n) is 4.21. The number of aryl methyl sites for hydroxylation is 2. The van der Waals surface area contributed by atoms with Crippen LogP contribution in [0.3, 0.4) is 0 Å². The smallest absolute Gasteiger partial charge is 0.264 e. The van der Waals surface area contributed by atoms with Crippen LogP contribution in [0.2, 0.25) is 0 Å². The highest BCUT2D eigenvalue weighted by atomic mass is 16.1. The number of nitrogens with zero attached hydrogens (tertiary/aromatic N) is 5. The molecule has 0 fully saturated rings. The Balaban J connectivity index is 1.81. The molecule has 4 rings (SSSR count). The van der Waals surface area contributed by atoms with Crippen LogP contribution in [0.15, 0.2) is 60.0 Å². The van der Waals surface area contributed by atoms with Crippen molar-refractivity contribution in [3.63, 3.8) is 0 Å². The molecule has 0 atom stereocenters. The highest BCUT2D eigenvalue weighted by Crippen LogP contribution is 2.18. The topological polar surface area (TPSA) is 65.6 Å². The monoisotopic (exact) mass is 331 g/mol. The molecule has 124 valence electrons. The predicted octanol–water partition coefficient (Wildman–Crippen LogP) is 2.64. The molecule has 3 aromatic heterocycles. The van der Waals surface area contributed by atoms with Gasteiger partial charge >= 0.3 is 0 Å². The van der Waals surface area contributed by atoms with Crippen LogP contribution in [0.4, 0.5) is 0 Å². The van der Waals surface area contributed by atoms with Gasteiger partial charge in [0, 0.05) is 12.4 Å². The van der Waals surface area contributed by atoms with Crippen molar-refractivity contribution >= 4 is 11.0 Å². The van der Waals surface area contributed by atoms with E-state index in [2.05, 4.69) is 21.1 Å². The number of hydrogen-bond acceptors (Lipinski definition) is 4. The van der Waals surface area contributed by atoms with Crippen LogP contribution in [-0.4, -0.2) is 24.3 Å². The van der Waals surface area contributed by atoms with Crippen LogP contribution in [0.25, 0.3) is 16.7 Å². The minimum atomic E-state index is -0.107. The summed E-state index contributed by atoms with van der Waals surface area (Å²) < 4.78 is 3.30. The largest absolute Gasteiger partial charge is 0.294 e. The van der Waals surface area contributed by atoms with Crippen LogP contribution in [0.1, 0.15) is 16.7 Å². The summed E-state index contributed by atoms with van der Waals surface area (Å²) in [6, 6.07) is 9.90. The molecule has 0 saturated heterocycles. The second kappa shape index (κ2) is 5.98. The Kier molecular flexibility index (Phi) is 3.65. The van der Waals surface area contributed by atoms with Gasteiger partial charge in [-0.1, -0.05) is 23.8 Å². The summed E-state index contributed by atoms with van der Waals surface area (Å²) in [5.74, 6) is 0. The van der Waals surface area contributed by atoms with E-state index in [9.17, 15) is 4.79 Å². The Bertz CT molecular complexity index is 1110. The summed E-state index contributed by atoms with van der Waals surface area (Å²) in [7, 11) is 0. The van der Waals surface area contributed by atoms with Crippen molar-refractivity contribution in [1.29, 1.82) is 0 Å². The van der Waals surface area contributed by atoms with E-state index in [4.69, 9.17) is 0 Å². The Labute approximate surface area is 144 Å². The molecule has 6 heteroatoms. The summed E-state index contributed by atoms with van der Waals surface area (Å²) >= 11 is 0. The maximum Gasteiger partial charge on any atom is 0.264 e. The van der Waals surface area contributed by atoms with Gasteiger partial charge in [-0.05, 0) is 37.1 Å². The first-order chi connectivity index (χ1) is 12.1. The van der Waals surface area contributed by atoms with Crippen LogP contribution in [0, 0.1) is 13.8 Å². The average Bonchev–Trinajstić information content (AvgIpc) is 3.03. The molecule has 0 saturated carbocycles. The molecule has 0 aliphatic heterocycles. The molecule has 0 spiro atoms.